The Morgan fingerprint density at radius 3 is 1.41 bits per heavy atom. The number of carbonyl (C=O) groups excluding carboxylic acids is 11. The number of carbonyl (C=O) groups is 13. The summed E-state index contributed by atoms with van der Waals surface area (Å²) in [7, 11) is -3.84. The van der Waals surface area contributed by atoms with E-state index in [2.05, 4.69) is 20.7 Å². The van der Waals surface area contributed by atoms with Crippen molar-refractivity contribution in [3.05, 3.63) is 104 Å². The molecule has 4 aliphatic heterocycles. The van der Waals surface area contributed by atoms with Crippen molar-refractivity contribution in [3.63, 3.8) is 0 Å². The van der Waals surface area contributed by atoms with Gasteiger partial charge in [-0.1, -0.05) is 88.9 Å². The number of aliphatic carboxylic acids is 2. The fourth-order valence-corrected chi connectivity index (χ4v) is 11.4. The van der Waals surface area contributed by atoms with E-state index in [1.54, 1.807) is 0 Å². The third-order valence-electron chi connectivity index (χ3n) is 13.7. The van der Waals surface area contributed by atoms with Gasteiger partial charge in [-0.3, -0.25) is 62.8 Å². The predicted octanol–water partition coefficient (Wildman–Crippen LogP) is 2.45. The van der Waals surface area contributed by atoms with Gasteiger partial charge >= 0.3 is 23.9 Å². The van der Waals surface area contributed by atoms with Crippen molar-refractivity contribution in [1.82, 2.24) is 40.7 Å². The Hall–Kier alpha value is -7.76. The van der Waals surface area contributed by atoms with E-state index >= 15 is 0 Å². The quantitative estimate of drug-likeness (QED) is 0.0787. The van der Waals surface area contributed by atoms with E-state index in [0.717, 1.165) is 31.9 Å². The van der Waals surface area contributed by atoms with Crippen molar-refractivity contribution in [3.8, 4) is 0 Å². The van der Waals surface area contributed by atoms with Crippen LogP contribution in [-0.2, 0) is 78.7 Å². The standard InChI is InChI=1S/C31H32Cl2N4O9.C23H26Cl2N4O10S/c32-19-8-4-9-20(33)28(19)31(45)46-17-24(38)22(16-27(41)42)35-29(43)23-10-5-15-36-26(40)14-12-21(30(44)37(23)36)34-25(39)13-11-18-6-2-1-3-7-18;1-40(37,38)27-14-7-8-18(31)28-9-3-6-16(29(28)22(14)35)21(34)26-15(10-19(32)33)17(30)11-39-23(36)20-12(24)4-2-5-13(20)25/h1-4,6-9,21-23H,5,10-17H2,(H,34,39)(H,35,43)(H,41,42);2,4-5,14-16,27H,3,6-11H2,1H3,(H,26,34)(H,32,33)/t21?,22-,23-;14-,15-,16-/m00/s1. The Morgan fingerprint density at radius 1 is 0.593 bits per heavy atom. The number of ether oxygens (including phenoxy) is 2. The summed E-state index contributed by atoms with van der Waals surface area (Å²) in [5.41, 5.74) is 0.541. The molecule has 27 nitrogen and oxygen atoms in total. The van der Waals surface area contributed by atoms with Gasteiger partial charge < -0.3 is 35.6 Å². The van der Waals surface area contributed by atoms with E-state index in [4.69, 9.17) is 55.9 Å². The zero-order valence-corrected chi connectivity index (χ0v) is 49.5. The molecule has 86 heavy (non-hydrogen) atoms. The molecule has 0 radical (unpaired) electrons. The Labute approximate surface area is 511 Å². The van der Waals surface area contributed by atoms with Crippen molar-refractivity contribution in [2.24, 2.45) is 0 Å². The number of esters is 2. The van der Waals surface area contributed by atoms with Crippen molar-refractivity contribution >= 4 is 133 Å². The lowest BCUT2D eigenvalue weighted by atomic mass is 10.0. The smallest absolute Gasteiger partial charge is 0.341 e. The lowest BCUT2D eigenvalue weighted by molar-refractivity contribution is -0.176. The van der Waals surface area contributed by atoms with Gasteiger partial charge in [-0.05, 0) is 74.8 Å². The molecule has 3 aromatic rings. The lowest BCUT2D eigenvalue weighted by Crippen LogP contribution is -2.64. The summed E-state index contributed by atoms with van der Waals surface area (Å²) in [6.45, 7) is -1.59. The second-order valence-corrected chi connectivity index (χ2v) is 23.3. The summed E-state index contributed by atoms with van der Waals surface area (Å²) >= 11 is 23.9. The molecule has 3 aromatic carbocycles. The number of carboxylic acids is 2. The van der Waals surface area contributed by atoms with Gasteiger partial charge in [-0.15, -0.1) is 0 Å². The van der Waals surface area contributed by atoms with E-state index < -0.39 is 149 Å². The summed E-state index contributed by atoms with van der Waals surface area (Å²) in [5.74, 6) is -11.6. The average Bonchev–Trinajstić information content (AvgIpc) is 1.57. The molecule has 32 heteroatoms. The van der Waals surface area contributed by atoms with Crippen molar-refractivity contribution < 1.29 is 90.4 Å². The number of halogens is 4. The Bertz CT molecular complexity index is 3250. The monoisotopic (exact) mass is 1290 g/mol. The zero-order valence-electron chi connectivity index (χ0n) is 45.7. The molecular formula is C54H58Cl4N8O19S. The third-order valence-corrected chi connectivity index (χ3v) is 15.7. The first-order valence-corrected chi connectivity index (χ1v) is 29.9. The molecule has 1 unspecified atom stereocenters. The lowest BCUT2D eigenvalue weighted by Gasteiger charge is -2.43. The largest absolute Gasteiger partial charge is 0.481 e. The average molecular weight is 1300 g/mol. The van der Waals surface area contributed by atoms with E-state index in [9.17, 15) is 81.0 Å². The van der Waals surface area contributed by atoms with E-state index in [-0.39, 0.29) is 89.3 Å². The highest BCUT2D eigenvalue weighted by atomic mass is 35.5. The fourth-order valence-electron chi connectivity index (χ4n) is 9.60. The Kier molecular flexibility index (Phi) is 23.9. The van der Waals surface area contributed by atoms with E-state index in [1.807, 2.05) is 30.3 Å². The van der Waals surface area contributed by atoms with Crippen LogP contribution in [0.25, 0.3) is 0 Å². The molecule has 0 aromatic heterocycles. The van der Waals surface area contributed by atoms with E-state index in [0.29, 0.717) is 19.3 Å². The molecule has 4 fully saturated rings. The molecule has 0 bridgehead atoms. The van der Waals surface area contributed by atoms with Crippen LogP contribution in [0.15, 0.2) is 66.7 Å². The van der Waals surface area contributed by atoms with Gasteiger partial charge in [0.25, 0.3) is 11.8 Å². The van der Waals surface area contributed by atoms with Crippen LogP contribution in [0.1, 0.15) is 96.9 Å². The highest BCUT2D eigenvalue weighted by Gasteiger charge is 2.47. The minimum atomic E-state index is -3.84. The number of rotatable bonds is 22. The molecule has 4 heterocycles. The number of amides is 7. The van der Waals surface area contributed by atoms with Crippen LogP contribution in [-0.4, -0.2) is 184 Å². The predicted molar refractivity (Wildman–Crippen MR) is 302 cm³/mol. The molecule has 0 aliphatic carbocycles. The first-order valence-electron chi connectivity index (χ1n) is 26.5. The van der Waals surface area contributed by atoms with Crippen LogP contribution >= 0.6 is 46.4 Å². The number of benzene rings is 3. The summed E-state index contributed by atoms with van der Waals surface area (Å²) in [6, 6.07) is 9.49. The number of aryl methyl sites for hydroxylation is 1. The fraction of sp³-hybridized carbons (Fsp3) is 0.426. The number of Topliss-reactive ketones (excluding diaryl/α,β-unsaturated/α-hetero) is 2. The number of hydrazine groups is 2. The molecule has 4 aliphatic rings. The van der Waals surface area contributed by atoms with Crippen molar-refractivity contribution in [2.75, 3.05) is 32.6 Å². The van der Waals surface area contributed by atoms with Gasteiger partial charge in [0.15, 0.2) is 24.8 Å². The Morgan fingerprint density at radius 2 is 1.00 bits per heavy atom. The number of nitrogens with zero attached hydrogens (tertiary/aromatic N) is 4. The number of hydrogen-bond donors (Lipinski definition) is 6. The number of sulfonamides is 1. The van der Waals surface area contributed by atoms with Gasteiger partial charge in [0.2, 0.25) is 39.6 Å². The molecule has 0 saturated carbocycles. The maximum absolute atomic E-state index is 13.7. The normalized spacial score (nSPS) is 19.4. The van der Waals surface area contributed by atoms with Gasteiger partial charge in [-0.2, -0.15) is 0 Å². The van der Waals surface area contributed by atoms with Crippen LogP contribution in [0.3, 0.4) is 0 Å². The highest BCUT2D eigenvalue weighted by molar-refractivity contribution is 7.88. The number of carboxylic acid groups (broad SMARTS) is 2. The number of nitrogens with one attached hydrogen (secondary N) is 4. The molecule has 462 valence electrons. The second-order valence-electron chi connectivity index (χ2n) is 19.9. The molecule has 6 atom stereocenters. The minimum absolute atomic E-state index is 0.0236. The van der Waals surface area contributed by atoms with Gasteiger partial charge in [-0.25, -0.2) is 32.7 Å². The maximum atomic E-state index is 13.7. The van der Waals surface area contributed by atoms with Gasteiger partial charge in [0, 0.05) is 32.4 Å². The van der Waals surface area contributed by atoms with Gasteiger partial charge in [0.05, 0.1) is 50.3 Å². The Balaban J connectivity index is 0.000000278. The van der Waals surface area contributed by atoms with Crippen LogP contribution in [0.4, 0.5) is 0 Å². The molecule has 6 N–H and O–H groups in total. The molecule has 4 saturated heterocycles. The molecule has 0 spiro atoms. The maximum Gasteiger partial charge on any atom is 0.341 e. The number of ketones is 2. The molecular weight excluding hydrogens is 1240 g/mol. The zero-order chi connectivity index (χ0) is 63.2. The summed E-state index contributed by atoms with van der Waals surface area (Å²) < 4.78 is 35.7. The van der Waals surface area contributed by atoms with Crippen LogP contribution < -0.4 is 20.7 Å². The van der Waals surface area contributed by atoms with Crippen LogP contribution in [0.2, 0.25) is 20.1 Å². The summed E-state index contributed by atoms with van der Waals surface area (Å²) in [6.07, 6.45) is 0.116. The van der Waals surface area contributed by atoms with Gasteiger partial charge in [0.1, 0.15) is 36.3 Å². The minimum Gasteiger partial charge on any atom is -0.481 e. The SMILES string of the molecule is CS(=O)(=O)N[C@H]1CCC(=O)N2CCC[C@@H](C(=O)N[C@@H](CC(=O)O)C(=O)COC(=O)c3c(Cl)cccc3Cl)N2C1=O.O=C(O)C[C@H](NC(=O)[C@@H]1CCCN2C(=O)CCC(NC(=O)CCc3ccccc3)C(=O)N12)C(=O)COC(=O)c1c(Cl)cccc1Cl. The first kappa shape index (κ1) is 67.4. The summed E-state index contributed by atoms with van der Waals surface area (Å²) in [5, 5.41) is 30.0. The van der Waals surface area contributed by atoms with Crippen LogP contribution in [0, 0.1) is 0 Å². The molecule has 7 amide bonds. The second kappa shape index (κ2) is 30.5. The molecule has 7 rings (SSSR count). The number of hydrogen-bond acceptors (Lipinski definition) is 17. The summed E-state index contributed by atoms with van der Waals surface area (Å²) in [4.78, 5) is 166. The highest BCUT2D eigenvalue weighted by Crippen LogP contribution is 2.29. The third kappa shape index (κ3) is 18.1. The topological polar surface area (TPSA) is 376 Å². The van der Waals surface area contributed by atoms with Crippen LogP contribution in [0.5, 0.6) is 0 Å². The van der Waals surface area contributed by atoms with Crippen molar-refractivity contribution in [2.45, 2.75) is 113 Å². The first-order chi connectivity index (χ1) is 40.6. The van der Waals surface area contributed by atoms with Crippen molar-refractivity contribution in [1.29, 1.82) is 0 Å². The van der Waals surface area contributed by atoms with E-state index in [1.165, 1.54) is 36.4 Å². The number of fused-ring (bicyclic) bond motifs is 2.